The Bertz CT molecular complexity index is 427. The Kier molecular flexibility index (Phi) is 4.06. The number of carbonyl (C=O) groups excluding carboxylic acids is 2. The number of alkyl halides is 1. The smallest absolute Gasteiger partial charge is 0.290 e. The molecule has 0 radical (unpaired) electrons. The molecule has 90 valence electrons. The molecular weight excluding hydrogens is 304 g/mol. The number of amides is 2. The molecule has 2 amide bonds. The molecular formula is C11H11BrN2O2S. The summed E-state index contributed by atoms with van der Waals surface area (Å²) in [6.07, 6.45) is 0. The van der Waals surface area contributed by atoms with Gasteiger partial charge in [-0.2, -0.15) is 0 Å². The Balaban J connectivity index is 2.04. The van der Waals surface area contributed by atoms with Crippen LogP contribution in [0.15, 0.2) is 30.3 Å². The third kappa shape index (κ3) is 2.81. The van der Waals surface area contributed by atoms with Crippen LogP contribution in [0.1, 0.15) is 0 Å². The first-order chi connectivity index (χ1) is 8.22. The average Bonchev–Trinajstić information content (AvgIpc) is 2.59. The highest BCUT2D eigenvalue weighted by Gasteiger charge is 2.39. The van der Waals surface area contributed by atoms with Gasteiger partial charge < -0.3 is 5.32 Å². The summed E-state index contributed by atoms with van der Waals surface area (Å²) in [5.74, 6) is -0.177. The number of halogens is 1. The van der Waals surface area contributed by atoms with Crippen LogP contribution in [0.3, 0.4) is 0 Å². The summed E-state index contributed by atoms with van der Waals surface area (Å²) in [4.78, 5) is 24.8. The second-order valence-electron chi connectivity index (χ2n) is 3.45. The Hall–Kier alpha value is -1.01. The lowest BCUT2D eigenvalue weighted by Crippen LogP contribution is -2.35. The lowest BCUT2D eigenvalue weighted by molar-refractivity contribution is -0.125. The molecule has 1 aromatic rings. The molecule has 1 heterocycles. The molecule has 1 aliphatic rings. The van der Waals surface area contributed by atoms with Crippen LogP contribution >= 0.6 is 27.7 Å². The van der Waals surface area contributed by atoms with Gasteiger partial charge in [0, 0.05) is 17.6 Å². The monoisotopic (exact) mass is 314 g/mol. The van der Waals surface area contributed by atoms with Gasteiger partial charge in [0.1, 0.15) is 0 Å². The number of imide groups is 1. The standard InChI is InChI=1S/C11H11BrN2O2S/c12-6-7-14-10(15)9(17-11(14)16)13-8-4-2-1-3-5-8/h1-5,9,13H,6-7H2. The van der Waals surface area contributed by atoms with Gasteiger partial charge in [0.15, 0.2) is 5.37 Å². The van der Waals surface area contributed by atoms with E-state index in [1.54, 1.807) is 0 Å². The van der Waals surface area contributed by atoms with E-state index in [1.807, 2.05) is 30.3 Å². The summed E-state index contributed by atoms with van der Waals surface area (Å²) in [6, 6.07) is 9.39. The van der Waals surface area contributed by atoms with E-state index >= 15 is 0 Å². The third-order valence-electron chi connectivity index (χ3n) is 2.31. The molecule has 1 unspecified atom stereocenters. The van der Waals surface area contributed by atoms with Gasteiger partial charge >= 0.3 is 0 Å². The second kappa shape index (κ2) is 5.55. The average molecular weight is 315 g/mol. The molecule has 0 saturated carbocycles. The highest BCUT2D eigenvalue weighted by atomic mass is 79.9. The van der Waals surface area contributed by atoms with Crippen LogP contribution in [0.4, 0.5) is 10.5 Å². The molecule has 2 rings (SSSR count). The van der Waals surface area contributed by atoms with Gasteiger partial charge in [-0.3, -0.25) is 14.5 Å². The number of hydrogen-bond acceptors (Lipinski definition) is 4. The summed E-state index contributed by atoms with van der Waals surface area (Å²) in [5.41, 5.74) is 0.840. The van der Waals surface area contributed by atoms with Crippen molar-refractivity contribution in [3.8, 4) is 0 Å². The van der Waals surface area contributed by atoms with Crippen molar-refractivity contribution in [3.05, 3.63) is 30.3 Å². The van der Waals surface area contributed by atoms with Crippen LogP contribution in [0.2, 0.25) is 0 Å². The van der Waals surface area contributed by atoms with Crippen molar-refractivity contribution < 1.29 is 9.59 Å². The van der Waals surface area contributed by atoms with Crippen molar-refractivity contribution in [2.75, 3.05) is 17.2 Å². The minimum absolute atomic E-state index is 0.177. The number of nitrogens with one attached hydrogen (secondary N) is 1. The number of nitrogens with zero attached hydrogens (tertiary/aromatic N) is 1. The summed E-state index contributed by atoms with van der Waals surface area (Å²) in [6.45, 7) is 0.414. The van der Waals surface area contributed by atoms with Gasteiger partial charge in [-0.25, -0.2) is 0 Å². The Morgan fingerprint density at radius 1 is 1.29 bits per heavy atom. The number of benzene rings is 1. The van der Waals surface area contributed by atoms with Crippen LogP contribution in [-0.4, -0.2) is 33.3 Å². The molecule has 0 spiro atoms. The van der Waals surface area contributed by atoms with E-state index in [0.717, 1.165) is 17.4 Å². The van der Waals surface area contributed by atoms with Crippen molar-refractivity contribution >= 4 is 44.5 Å². The SMILES string of the molecule is O=C1SC(Nc2ccccc2)C(=O)N1CCBr. The maximum atomic E-state index is 11.9. The number of hydrogen-bond donors (Lipinski definition) is 1. The normalized spacial score (nSPS) is 19.8. The fourth-order valence-electron chi connectivity index (χ4n) is 1.51. The third-order valence-corrected chi connectivity index (χ3v) is 3.64. The van der Waals surface area contributed by atoms with E-state index < -0.39 is 5.37 Å². The van der Waals surface area contributed by atoms with Gasteiger partial charge in [0.25, 0.3) is 11.1 Å². The molecule has 1 atom stereocenters. The molecule has 0 aromatic heterocycles. The predicted octanol–water partition coefficient (Wildman–Crippen LogP) is 2.51. The Morgan fingerprint density at radius 3 is 2.65 bits per heavy atom. The Labute approximate surface area is 112 Å². The molecule has 1 N–H and O–H groups in total. The number of anilines is 1. The van der Waals surface area contributed by atoms with Crippen molar-refractivity contribution in [3.63, 3.8) is 0 Å². The summed E-state index contributed by atoms with van der Waals surface area (Å²) >= 11 is 4.25. The van der Waals surface area contributed by atoms with Gasteiger partial charge in [-0.1, -0.05) is 34.1 Å². The zero-order valence-corrected chi connectivity index (χ0v) is 11.3. The van der Waals surface area contributed by atoms with E-state index in [4.69, 9.17) is 0 Å². The first kappa shape index (κ1) is 12.4. The van der Waals surface area contributed by atoms with E-state index in [1.165, 1.54) is 4.90 Å². The number of carbonyl (C=O) groups is 2. The van der Waals surface area contributed by atoms with E-state index in [-0.39, 0.29) is 11.1 Å². The highest BCUT2D eigenvalue weighted by molar-refractivity contribution is 9.09. The molecule has 4 nitrogen and oxygen atoms in total. The molecule has 1 aromatic carbocycles. The minimum atomic E-state index is -0.510. The quantitative estimate of drug-likeness (QED) is 0.868. The van der Waals surface area contributed by atoms with Crippen molar-refractivity contribution in [1.29, 1.82) is 0 Å². The molecule has 1 saturated heterocycles. The van der Waals surface area contributed by atoms with Crippen molar-refractivity contribution in [1.82, 2.24) is 4.90 Å². The van der Waals surface area contributed by atoms with Crippen LogP contribution in [0, 0.1) is 0 Å². The summed E-state index contributed by atoms with van der Waals surface area (Å²) < 4.78 is 0. The molecule has 1 fully saturated rings. The van der Waals surface area contributed by atoms with E-state index in [2.05, 4.69) is 21.2 Å². The molecule has 0 aliphatic carbocycles. The highest BCUT2D eigenvalue weighted by Crippen LogP contribution is 2.27. The zero-order chi connectivity index (χ0) is 12.3. The maximum Gasteiger partial charge on any atom is 0.290 e. The van der Waals surface area contributed by atoms with Gasteiger partial charge in [-0.15, -0.1) is 0 Å². The number of para-hydroxylation sites is 1. The van der Waals surface area contributed by atoms with Gasteiger partial charge in [0.05, 0.1) is 0 Å². The number of rotatable bonds is 4. The fourth-order valence-corrected chi connectivity index (χ4v) is 2.80. The summed E-state index contributed by atoms with van der Waals surface area (Å²) in [5, 5.41) is 2.94. The summed E-state index contributed by atoms with van der Waals surface area (Å²) in [7, 11) is 0. The molecule has 0 bridgehead atoms. The first-order valence-electron chi connectivity index (χ1n) is 5.12. The fraction of sp³-hybridized carbons (Fsp3) is 0.273. The van der Waals surface area contributed by atoms with Crippen LogP contribution < -0.4 is 5.32 Å². The zero-order valence-electron chi connectivity index (χ0n) is 8.93. The maximum absolute atomic E-state index is 11.9. The second-order valence-corrected chi connectivity index (χ2v) is 5.30. The molecule has 1 aliphatic heterocycles. The van der Waals surface area contributed by atoms with E-state index in [9.17, 15) is 9.59 Å². The lowest BCUT2D eigenvalue weighted by Gasteiger charge is -2.13. The van der Waals surface area contributed by atoms with Crippen molar-refractivity contribution in [2.45, 2.75) is 5.37 Å². The molecule has 17 heavy (non-hydrogen) atoms. The van der Waals surface area contributed by atoms with Crippen LogP contribution in [-0.2, 0) is 4.79 Å². The lowest BCUT2D eigenvalue weighted by atomic mass is 10.3. The Morgan fingerprint density at radius 2 is 2.00 bits per heavy atom. The predicted molar refractivity (Wildman–Crippen MR) is 72.3 cm³/mol. The topological polar surface area (TPSA) is 49.4 Å². The number of thioether (sulfide) groups is 1. The van der Waals surface area contributed by atoms with Crippen LogP contribution in [0.25, 0.3) is 0 Å². The first-order valence-corrected chi connectivity index (χ1v) is 7.12. The van der Waals surface area contributed by atoms with Crippen LogP contribution in [0.5, 0.6) is 0 Å². The van der Waals surface area contributed by atoms with Gasteiger partial charge in [0.2, 0.25) is 0 Å². The van der Waals surface area contributed by atoms with Crippen molar-refractivity contribution in [2.24, 2.45) is 0 Å². The van der Waals surface area contributed by atoms with Gasteiger partial charge in [-0.05, 0) is 23.9 Å². The largest absolute Gasteiger partial charge is 0.365 e. The molecule has 6 heteroatoms. The minimum Gasteiger partial charge on any atom is -0.365 e. The van der Waals surface area contributed by atoms with E-state index in [0.29, 0.717) is 11.9 Å².